The first-order valence-electron chi connectivity index (χ1n) is 10.1. The Kier molecular flexibility index (Phi) is 5.11. The van der Waals surface area contributed by atoms with E-state index in [-0.39, 0.29) is 16.7 Å². The number of hydrogen-bond acceptors (Lipinski definition) is 4. The minimum Gasteiger partial charge on any atom is -0.478 e. The zero-order valence-electron chi connectivity index (χ0n) is 17.4. The maximum Gasteiger partial charge on any atom is 0.337 e. The van der Waals surface area contributed by atoms with Gasteiger partial charge in [0.05, 0.1) is 16.9 Å². The highest BCUT2D eigenvalue weighted by molar-refractivity contribution is 6.01. The molecule has 1 unspecified atom stereocenters. The van der Waals surface area contributed by atoms with Crippen LogP contribution in [0.2, 0.25) is 0 Å². The molecule has 31 heavy (non-hydrogen) atoms. The van der Waals surface area contributed by atoms with E-state index in [4.69, 9.17) is 0 Å². The van der Waals surface area contributed by atoms with Gasteiger partial charge in [-0.3, -0.25) is 9.78 Å². The van der Waals surface area contributed by atoms with Crippen molar-refractivity contribution in [2.45, 2.75) is 37.7 Å². The van der Waals surface area contributed by atoms with E-state index < -0.39 is 11.6 Å². The molecule has 0 saturated carbocycles. The van der Waals surface area contributed by atoms with Crippen LogP contribution in [0.4, 0.5) is 5.69 Å². The van der Waals surface area contributed by atoms with Gasteiger partial charge in [-0.25, -0.2) is 4.79 Å². The summed E-state index contributed by atoms with van der Waals surface area (Å²) in [4.78, 5) is 27.3. The van der Waals surface area contributed by atoms with E-state index in [0.29, 0.717) is 29.7 Å². The Morgan fingerprint density at radius 3 is 2.55 bits per heavy atom. The topological polar surface area (TPSA) is 99.5 Å². The third-order valence-electron chi connectivity index (χ3n) is 6.20. The standard InChI is InChI=1S/C25H24N2O4/c1-24(2)11-12-25(31,21-8-3-4-13-26-21)20-14-16(9-10-19(20)24)17-6-5-7-18(23(29)30)22(17)27-15-28/h3-10,13-15,31H,11-12H2,1-2H3,(H,27,28)(H,29,30). The van der Waals surface area contributed by atoms with Crippen molar-refractivity contribution in [1.29, 1.82) is 0 Å². The second-order valence-corrected chi connectivity index (χ2v) is 8.51. The highest BCUT2D eigenvalue weighted by Crippen LogP contribution is 2.48. The summed E-state index contributed by atoms with van der Waals surface area (Å²) in [6, 6.07) is 16.1. The first kappa shape index (κ1) is 20.8. The molecule has 0 spiro atoms. The highest BCUT2D eigenvalue weighted by Gasteiger charge is 2.43. The molecule has 0 radical (unpaired) electrons. The van der Waals surface area contributed by atoms with E-state index in [1.54, 1.807) is 18.3 Å². The number of hydrogen-bond donors (Lipinski definition) is 3. The minimum absolute atomic E-state index is 0.00244. The number of amides is 1. The van der Waals surface area contributed by atoms with Crippen molar-refractivity contribution in [1.82, 2.24) is 4.98 Å². The molecule has 1 aliphatic rings. The molecular weight excluding hydrogens is 392 g/mol. The van der Waals surface area contributed by atoms with Gasteiger partial charge in [-0.1, -0.05) is 44.2 Å². The summed E-state index contributed by atoms with van der Waals surface area (Å²) in [7, 11) is 0. The maximum atomic E-state index is 11.8. The predicted molar refractivity (Wildman–Crippen MR) is 118 cm³/mol. The smallest absolute Gasteiger partial charge is 0.337 e. The Hall–Kier alpha value is -3.51. The van der Waals surface area contributed by atoms with Gasteiger partial charge in [0.15, 0.2) is 0 Å². The molecule has 0 bridgehead atoms. The van der Waals surface area contributed by atoms with Crippen molar-refractivity contribution in [2.24, 2.45) is 0 Å². The predicted octanol–water partition coefficient (Wildman–Crippen LogP) is 4.32. The molecule has 6 heteroatoms. The molecule has 1 atom stereocenters. The van der Waals surface area contributed by atoms with Crippen LogP contribution in [0.3, 0.4) is 0 Å². The van der Waals surface area contributed by atoms with Crippen molar-refractivity contribution in [3.8, 4) is 11.1 Å². The maximum absolute atomic E-state index is 11.8. The number of pyridine rings is 1. The fraction of sp³-hybridized carbons (Fsp3) is 0.240. The van der Waals surface area contributed by atoms with Gasteiger partial charge >= 0.3 is 5.97 Å². The van der Waals surface area contributed by atoms with Crippen LogP contribution in [0.1, 0.15) is 53.9 Å². The second kappa shape index (κ2) is 7.63. The number of rotatable bonds is 5. The van der Waals surface area contributed by atoms with E-state index in [0.717, 1.165) is 17.5 Å². The number of carboxylic acids is 1. The first-order chi connectivity index (χ1) is 14.8. The molecule has 0 saturated heterocycles. The van der Waals surface area contributed by atoms with Crippen LogP contribution in [0.15, 0.2) is 60.8 Å². The fourth-order valence-electron chi connectivity index (χ4n) is 4.47. The average Bonchev–Trinajstić information content (AvgIpc) is 2.77. The number of aromatic carboxylic acids is 1. The van der Waals surface area contributed by atoms with Crippen LogP contribution in [0.25, 0.3) is 11.1 Å². The zero-order valence-corrected chi connectivity index (χ0v) is 17.4. The number of carbonyl (C=O) groups excluding carboxylic acids is 1. The second-order valence-electron chi connectivity index (χ2n) is 8.51. The summed E-state index contributed by atoms with van der Waals surface area (Å²) in [6.45, 7) is 4.29. The number of anilines is 1. The van der Waals surface area contributed by atoms with Gasteiger partial charge in [-0.05, 0) is 59.2 Å². The molecule has 158 valence electrons. The van der Waals surface area contributed by atoms with E-state index in [1.165, 1.54) is 6.07 Å². The van der Waals surface area contributed by atoms with Gasteiger partial charge in [-0.2, -0.15) is 0 Å². The molecule has 2 aromatic carbocycles. The van der Waals surface area contributed by atoms with Gasteiger partial charge in [-0.15, -0.1) is 0 Å². The van der Waals surface area contributed by atoms with E-state index in [1.807, 2.05) is 36.4 Å². The Labute approximate surface area is 180 Å². The molecule has 3 aromatic rings. The van der Waals surface area contributed by atoms with Crippen LogP contribution in [0.5, 0.6) is 0 Å². The van der Waals surface area contributed by atoms with Crippen molar-refractivity contribution in [2.75, 3.05) is 5.32 Å². The number of nitrogens with zero attached hydrogens (tertiary/aromatic N) is 1. The molecule has 1 heterocycles. The lowest BCUT2D eigenvalue weighted by Gasteiger charge is -2.42. The number of aliphatic hydroxyl groups is 1. The van der Waals surface area contributed by atoms with Crippen LogP contribution >= 0.6 is 0 Å². The summed E-state index contributed by atoms with van der Waals surface area (Å²) in [6.07, 6.45) is 3.44. The van der Waals surface area contributed by atoms with Gasteiger partial charge in [0.1, 0.15) is 5.60 Å². The molecule has 1 aliphatic carbocycles. The van der Waals surface area contributed by atoms with Gasteiger partial charge in [0.25, 0.3) is 0 Å². The van der Waals surface area contributed by atoms with Crippen LogP contribution in [-0.4, -0.2) is 27.6 Å². The van der Waals surface area contributed by atoms with Crippen molar-refractivity contribution >= 4 is 18.1 Å². The Morgan fingerprint density at radius 1 is 1.06 bits per heavy atom. The fourth-order valence-corrected chi connectivity index (χ4v) is 4.47. The van der Waals surface area contributed by atoms with Crippen molar-refractivity contribution in [3.05, 3.63) is 83.2 Å². The summed E-state index contributed by atoms with van der Waals surface area (Å²) < 4.78 is 0. The number of aromatic nitrogens is 1. The molecular formula is C25H24N2O4. The summed E-state index contributed by atoms with van der Waals surface area (Å²) in [5.74, 6) is -1.13. The summed E-state index contributed by atoms with van der Waals surface area (Å²) in [5.41, 5.74) is 2.46. The molecule has 4 rings (SSSR count). The van der Waals surface area contributed by atoms with Gasteiger partial charge in [0.2, 0.25) is 6.41 Å². The van der Waals surface area contributed by atoms with Crippen LogP contribution < -0.4 is 5.32 Å². The lowest BCUT2D eigenvalue weighted by atomic mass is 9.65. The largest absolute Gasteiger partial charge is 0.478 e. The monoisotopic (exact) mass is 416 g/mol. The van der Waals surface area contributed by atoms with Crippen LogP contribution in [-0.2, 0) is 15.8 Å². The highest BCUT2D eigenvalue weighted by atomic mass is 16.4. The number of carbonyl (C=O) groups is 2. The lowest BCUT2D eigenvalue weighted by molar-refractivity contribution is -0.105. The normalized spacial score (nSPS) is 19.3. The lowest BCUT2D eigenvalue weighted by Crippen LogP contribution is -2.39. The third kappa shape index (κ3) is 3.49. The van der Waals surface area contributed by atoms with Gasteiger partial charge in [0, 0.05) is 11.8 Å². The molecule has 3 N–H and O–H groups in total. The minimum atomic E-state index is -1.26. The zero-order chi connectivity index (χ0) is 22.2. The summed E-state index contributed by atoms with van der Waals surface area (Å²) in [5, 5.41) is 23.9. The third-order valence-corrected chi connectivity index (χ3v) is 6.20. The molecule has 1 aromatic heterocycles. The number of nitrogens with one attached hydrogen (secondary N) is 1. The Bertz CT molecular complexity index is 1160. The number of carboxylic acid groups (broad SMARTS) is 1. The summed E-state index contributed by atoms with van der Waals surface area (Å²) >= 11 is 0. The first-order valence-corrected chi connectivity index (χ1v) is 10.1. The Morgan fingerprint density at radius 2 is 1.87 bits per heavy atom. The van der Waals surface area contributed by atoms with E-state index in [9.17, 15) is 19.8 Å². The number of para-hydroxylation sites is 1. The molecule has 0 fully saturated rings. The number of fused-ring (bicyclic) bond motifs is 1. The van der Waals surface area contributed by atoms with Crippen molar-refractivity contribution in [3.63, 3.8) is 0 Å². The molecule has 1 amide bonds. The van der Waals surface area contributed by atoms with Crippen LogP contribution in [0, 0.1) is 0 Å². The van der Waals surface area contributed by atoms with Gasteiger partial charge < -0.3 is 15.5 Å². The molecule has 6 nitrogen and oxygen atoms in total. The Balaban J connectivity index is 1.96. The molecule has 0 aliphatic heterocycles. The number of benzene rings is 2. The average molecular weight is 416 g/mol. The van der Waals surface area contributed by atoms with E-state index >= 15 is 0 Å². The SMILES string of the molecule is CC1(C)CCC(O)(c2ccccn2)c2cc(-c3cccc(C(=O)O)c3NC=O)ccc21. The van der Waals surface area contributed by atoms with Crippen molar-refractivity contribution < 1.29 is 19.8 Å². The van der Waals surface area contributed by atoms with E-state index in [2.05, 4.69) is 24.1 Å². The quantitative estimate of drug-likeness (QED) is 0.538.